The predicted octanol–water partition coefficient (Wildman–Crippen LogP) is 3.69. The zero-order valence-corrected chi connectivity index (χ0v) is 14.3. The molecule has 1 aromatic rings. The van der Waals surface area contributed by atoms with Gasteiger partial charge in [0.25, 0.3) is 0 Å². The Labute approximate surface area is 145 Å². The monoisotopic (exact) mass is 362 g/mol. The number of carbonyl (C=O) groups is 1. The lowest BCUT2D eigenvalue weighted by Crippen LogP contribution is -2.34. The van der Waals surface area contributed by atoms with E-state index in [1.165, 1.54) is 6.07 Å². The summed E-state index contributed by atoms with van der Waals surface area (Å²) < 4.78 is 38.3. The molecule has 1 amide bonds. The second kappa shape index (κ2) is 6.92. The summed E-state index contributed by atoms with van der Waals surface area (Å²) in [5.41, 5.74) is -0.0754. The first-order valence-corrected chi connectivity index (χ1v) is 8.00. The normalized spacial score (nSPS) is 23.2. The van der Waals surface area contributed by atoms with E-state index in [1.54, 1.807) is 13.0 Å². The number of benzene rings is 1. The van der Waals surface area contributed by atoms with Gasteiger partial charge in [-0.05, 0) is 62.4 Å². The van der Waals surface area contributed by atoms with Gasteiger partial charge in [-0.1, -0.05) is 12.1 Å². The summed E-state index contributed by atoms with van der Waals surface area (Å²) in [7, 11) is 0. The van der Waals surface area contributed by atoms with Crippen LogP contribution >= 0.6 is 12.4 Å². The maximum Gasteiger partial charge on any atom is 0.416 e. The Balaban J connectivity index is 0.00000208. The van der Waals surface area contributed by atoms with Crippen LogP contribution in [0.3, 0.4) is 0 Å². The van der Waals surface area contributed by atoms with Gasteiger partial charge in [0.15, 0.2) is 0 Å². The molecule has 1 saturated heterocycles. The molecule has 1 heterocycles. The third-order valence-electron chi connectivity index (χ3n) is 5.18. The molecule has 24 heavy (non-hydrogen) atoms. The Kier molecular flexibility index (Phi) is 5.50. The third-order valence-corrected chi connectivity index (χ3v) is 5.18. The van der Waals surface area contributed by atoms with E-state index < -0.39 is 17.8 Å². The molecule has 1 saturated carbocycles. The number of amides is 1. The second-order valence-electron chi connectivity index (χ2n) is 6.72. The SMILES string of the molecule is CC(NC(=O)C1CC12CCNCC2)c1cccc(C(F)(F)F)c1.Cl. The zero-order chi connectivity index (χ0) is 16.7. The molecule has 0 bridgehead atoms. The van der Waals surface area contributed by atoms with E-state index in [1.807, 2.05) is 0 Å². The fourth-order valence-corrected chi connectivity index (χ4v) is 3.58. The molecule has 0 radical (unpaired) electrons. The van der Waals surface area contributed by atoms with Gasteiger partial charge >= 0.3 is 6.18 Å². The summed E-state index contributed by atoms with van der Waals surface area (Å²) in [4.78, 5) is 12.4. The van der Waals surface area contributed by atoms with Crippen LogP contribution in [-0.4, -0.2) is 19.0 Å². The quantitative estimate of drug-likeness (QED) is 0.861. The Morgan fingerprint density at radius 2 is 2.00 bits per heavy atom. The Morgan fingerprint density at radius 3 is 2.62 bits per heavy atom. The molecule has 2 N–H and O–H groups in total. The average molecular weight is 363 g/mol. The van der Waals surface area contributed by atoms with E-state index in [2.05, 4.69) is 10.6 Å². The van der Waals surface area contributed by atoms with Gasteiger partial charge in [0.2, 0.25) is 5.91 Å². The van der Waals surface area contributed by atoms with Crippen LogP contribution < -0.4 is 10.6 Å². The first-order chi connectivity index (χ1) is 10.8. The second-order valence-corrected chi connectivity index (χ2v) is 6.72. The van der Waals surface area contributed by atoms with Gasteiger partial charge in [-0.3, -0.25) is 4.79 Å². The van der Waals surface area contributed by atoms with Gasteiger partial charge in [-0.2, -0.15) is 13.2 Å². The van der Waals surface area contributed by atoms with Gasteiger partial charge in [0.1, 0.15) is 0 Å². The maximum atomic E-state index is 12.8. The van der Waals surface area contributed by atoms with Crippen molar-refractivity contribution in [2.75, 3.05) is 13.1 Å². The van der Waals surface area contributed by atoms with Crippen molar-refractivity contribution in [3.63, 3.8) is 0 Å². The summed E-state index contributed by atoms with van der Waals surface area (Å²) in [5, 5.41) is 6.17. The number of nitrogens with one attached hydrogen (secondary N) is 2. The Bertz CT molecular complexity index is 600. The van der Waals surface area contributed by atoms with Crippen molar-refractivity contribution in [2.24, 2.45) is 11.3 Å². The molecular weight excluding hydrogens is 341 g/mol. The largest absolute Gasteiger partial charge is 0.416 e. The summed E-state index contributed by atoms with van der Waals surface area (Å²) in [6.07, 6.45) is -1.46. The smallest absolute Gasteiger partial charge is 0.349 e. The molecule has 2 unspecified atom stereocenters. The van der Waals surface area contributed by atoms with Crippen LogP contribution in [0.1, 0.15) is 43.4 Å². The van der Waals surface area contributed by atoms with Crippen molar-refractivity contribution in [3.05, 3.63) is 35.4 Å². The van der Waals surface area contributed by atoms with Crippen LogP contribution in [0.25, 0.3) is 0 Å². The van der Waals surface area contributed by atoms with Crippen molar-refractivity contribution in [1.29, 1.82) is 0 Å². The number of halogens is 4. The van der Waals surface area contributed by atoms with Crippen LogP contribution in [0.2, 0.25) is 0 Å². The molecule has 7 heteroatoms. The molecule has 2 fully saturated rings. The van der Waals surface area contributed by atoms with Crippen molar-refractivity contribution in [3.8, 4) is 0 Å². The Morgan fingerprint density at radius 1 is 1.33 bits per heavy atom. The molecule has 134 valence electrons. The average Bonchev–Trinajstić information content (AvgIpc) is 3.20. The van der Waals surface area contributed by atoms with E-state index in [9.17, 15) is 18.0 Å². The lowest BCUT2D eigenvalue weighted by Gasteiger charge is -2.24. The third kappa shape index (κ3) is 3.86. The lowest BCUT2D eigenvalue weighted by atomic mass is 9.91. The number of rotatable bonds is 3. The number of hydrogen-bond donors (Lipinski definition) is 2. The molecular formula is C17H22ClF3N2O. The fourth-order valence-electron chi connectivity index (χ4n) is 3.58. The zero-order valence-electron chi connectivity index (χ0n) is 13.5. The van der Waals surface area contributed by atoms with E-state index in [0.717, 1.165) is 44.5 Å². The van der Waals surface area contributed by atoms with Crippen LogP contribution in [-0.2, 0) is 11.0 Å². The molecule has 1 aliphatic carbocycles. The van der Waals surface area contributed by atoms with Crippen molar-refractivity contribution in [2.45, 2.75) is 38.4 Å². The van der Waals surface area contributed by atoms with Gasteiger partial charge in [0, 0.05) is 5.92 Å². The number of carbonyl (C=O) groups excluding carboxylic acids is 1. The van der Waals surface area contributed by atoms with Gasteiger partial charge in [-0.15, -0.1) is 12.4 Å². The maximum absolute atomic E-state index is 12.8. The molecule has 0 aromatic heterocycles. The van der Waals surface area contributed by atoms with Crippen LogP contribution in [0, 0.1) is 11.3 Å². The highest BCUT2D eigenvalue weighted by atomic mass is 35.5. The Hall–Kier alpha value is -1.27. The highest BCUT2D eigenvalue weighted by molar-refractivity contribution is 5.85. The van der Waals surface area contributed by atoms with E-state index in [-0.39, 0.29) is 29.6 Å². The van der Waals surface area contributed by atoms with E-state index in [0.29, 0.717) is 5.56 Å². The first-order valence-electron chi connectivity index (χ1n) is 8.00. The summed E-state index contributed by atoms with van der Waals surface area (Å²) >= 11 is 0. The highest BCUT2D eigenvalue weighted by Gasteiger charge is 2.57. The van der Waals surface area contributed by atoms with Gasteiger partial charge in [0.05, 0.1) is 11.6 Å². The van der Waals surface area contributed by atoms with E-state index in [4.69, 9.17) is 0 Å². The highest BCUT2D eigenvalue weighted by Crippen LogP contribution is 2.58. The number of alkyl halides is 3. The minimum atomic E-state index is -4.37. The molecule has 3 rings (SSSR count). The predicted molar refractivity (Wildman–Crippen MR) is 87.9 cm³/mol. The van der Waals surface area contributed by atoms with Crippen LogP contribution in [0.4, 0.5) is 13.2 Å². The van der Waals surface area contributed by atoms with E-state index >= 15 is 0 Å². The minimum absolute atomic E-state index is 0. The van der Waals surface area contributed by atoms with Crippen molar-refractivity contribution >= 4 is 18.3 Å². The summed E-state index contributed by atoms with van der Waals surface area (Å²) in [6, 6.07) is 4.73. The number of piperidine rings is 1. The fraction of sp³-hybridized carbons (Fsp3) is 0.588. The van der Waals surface area contributed by atoms with Gasteiger partial charge in [-0.25, -0.2) is 0 Å². The summed E-state index contributed by atoms with van der Waals surface area (Å²) in [5.74, 6) is -0.0188. The molecule has 3 nitrogen and oxygen atoms in total. The lowest BCUT2D eigenvalue weighted by molar-refractivity contribution is -0.137. The molecule has 1 aliphatic heterocycles. The molecule has 2 atom stereocenters. The molecule has 1 spiro atoms. The number of hydrogen-bond acceptors (Lipinski definition) is 2. The molecule has 1 aromatic carbocycles. The summed E-state index contributed by atoms with van der Waals surface area (Å²) in [6.45, 7) is 3.60. The van der Waals surface area contributed by atoms with Crippen molar-refractivity contribution in [1.82, 2.24) is 10.6 Å². The first kappa shape index (κ1) is 19.1. The molecule has 2 aliphatic rings. The standard InChI is InChI=1S/C17H21F3N2O.ClH/c1-11(12-3-2-4-13(9-12)17(18,19)20)22-15(23)14-10-16(14)5-7-21-8-6-16;/h2-4,9,11,14,21H,5-8,10H2,1H3,(H,22,23);1H. The minimum Gasteiger partial charge on any atom is -0.349 e. The van der Waals surface area contributed by atoms with Crippen LogP contribution in [0.15, 0.2) is 24.3 Å². The van der Waals surface area contributed by atoms with Crippen molar-refractivity contribution < 1.29 is 18.0 Å². The van der Waals surface area contributed by atoms with Gasteiger partial charge < -0.3 is 10.6 Å². The van der Waals surface area contributed by atoms with Crippen LogP contribution in [0.5, 0.6) is 0 Å². The topological polar surface area (TPSA) is 41.1 Å².